The van der Waals surface area contributed by atoms with Gasteiger partial charge in [0.15, 0.2) is 0 Å². The summed E-state index contributed by atoms with van der Waals surface area (Å²) in [6.07, 6.45) is 7.22. The summed E-state index contributed by atoms with van der Waals surface area (Å²) >= 11 is 0. The van der Waals surface area contributed by atoms with Crippen molar-refractivity contribution in [2.75, 3.05) is 26.2 Å². The third-order valence-electron chi connectivity index (χ3n) is 6.90. The fourth-order valence-electron chi connectivity index (χ4n) is 4.78. The molecule has 5 nitrogen and oxygen atoms in total. The maximum absolute atomic E-state index is 11.2. The molecule has 3 aromatic carbocycles. The number of benzene rings is 3. The van der Waals surface area contributed by atoms with Crippen molar-refractivity contribution >= 4 is 22.8 Å². The van der Waals surface area contributed by atoms with Crippen LogP contribution in [0.4, 0.5) is 0 Å². The Bertz CT molecular complexity index is 1150. The average molecular weight is 457 g/mol. The van der Waals surface area contributed by atoms with Crippen molar-refractivity contribution in [2.45, 2.75) is 37.8 Å². The summed E-state index contributed by atoms with van der Waals surface area (Å²) in [7, 11) is 0. The molecule has 0 spiro atoms. The molecule has 2 N–H and O–H groups in total. The summed E-state index contributed by atoms with van der Waals surface area (Å²) in [6.45, 7) is 3.59. The van der Waals surface area contributed by atoms with Crippen LogP contribution < -0.4 is 10.1 Å². The summed E-state index contributed by atoms with van der Waals surface area (Å²) in [5.74, 6) is -0.0304. The summed E-state index contributed by atoms with van der Waals surface area (Å²) in [6, 6.07) is 22.8. The molecule has 1 aliphatic heterocycles. The van der Waals surface area contributed by atoms with Crippen molar-refractivity contribution in [3.05, 3.63) is 83.4 Å². The van der Waals surface area contributed by atoms with E-state index in [-0.39, 0.29) is 0 Å². The number of ether oxygens (including phenoxy) is 1. The molecular weight excluding hydrogens is 424 g/mol. The van der Waals surface area contributed by atoms with E-state index >= 15 is 0 Å². The van der Waals surface area contributed by atoms with Crippen molar-refractivity contribution in [1.82, 2.24) is 10.2 Å². The van der Waals surface area contributed by atoms with Gasteiger partial charge in [0.2, 0.25) is 0 Å². The van der Waals surface area contributed by atoms with Crippen LogP contribution in [0.1, 0.15) is 41.6 Å². The molecule has 1 heterocycles. The Balaban J connectivity index is 1.28. The lowest BCUT2D eigenvalue weighted by molar-refractivity contribution is 0.0697. The van der Waals surface area contributed by atoms with Gasteiger partial charge in [-0.3, -0.25) is 0 Å². The molecule has 5 heteroatoms. The number of fused-ring (bicyclic) bond motifs is 1. The van der Waals surface area contributed by atoms with Crippen LogP contribution in [0.25, 0.3) is 16.8 Å². The highest BCUT2D eigenvalue weighted by Gasteiger charge is 2.31. The summed E-state index contributed by atoms with van der Waals surface area (Å²) in [5.41, 5.74) is 2.42. The Hall–Kier alpha value is -3.15. The van der Waals surface area contributed by atoms with Gasteiger partial charge in [-0.05, 0) is 73.5 Å². The fraction of sp³-hybridized carbons (Fsp3) is 0.345. The lowest BCUT2D eigenvalue weighted by Crippen LogP contribution is -2.44. The van der Waals surface area contributed by atoms with Gasteiger partial charge < -0.3 is 20.1 Å². The van der Waals surface area contributed by atoms with Crippen LogP contribution in [0, 0.1) is 0 Å². The number of piperidine rings is 1. The van der Waals surface area contributed by atoms with Crippen LogP contribution in [-0.2, 0) is 0 Å². The molecule has 0 bridgehead atoms. The number of nitrogens with zero attached hydrogens (tertiary/aromatic N) is 1. The number of nitrogens with one attached hydrogen (secondary N) is 1. The van der Waals surface area contributed by atoms with E-state index < -0.39 is 5.97 Å². The third-order valence-corrected chi connectivity index (χ3v) is 6.90. The zero-order valence-electron chi connectivity index (χ0n) is 19.5. The first-order chi connectivity index (χ1) is 16.7. The Morgan fingerprint density at radius 3 is 2.44 bits per heavy atom. The van der Waals surface area contributed by atoms with Crippen molar-refractivity contribution in [1.29, 1.82) is 0 Å². The molecule has 0 atom stereocenters. The number of rotatable bonds is 9. The maximum atomic E-state index is 11.2. The lowest BCUT2D eigenvalue weighted by atomic mass is 10.0. The molecule has 3 aromatic rings. The van der Waals surface area contributed by atoms with Crippen LogP contribution >= 0.6 is 0 Å². The Morgan fingerprint density at radius 1 is 0.971 bits per heavy atom. The first-order valence-electron chi connectivity index (χ1n) is 12.3. The van der Waals surface area contributed by atoms with E-state index in [0.717, 1.165) is 40.2 Å². The number of hydrogen-bond donors (Lipinski definition) is 2. The number of carboxylic acid groups (broad SMARTS) is 1. The molecule has 34 heavy (non-hydrogen) atoms. The molecule has 0 unspecified atom stereocenters. The van der Waals surface area contributed by atoms with E-state index in [1.807, 2.05) is 36.4 Å². The second-order valence-corrected chi connectivity index (χ2v) is 9.42. The third kappa shape index (κ3) is 5.66. The number of hydrogen-bond acceptors (Lipinski definition) is 4. The largest absolute Gasteiger partial charge is 0.489 e. The number of carboxylic acids is 1. The van der Waals surface area contributed by atoms with Crippen molar-refractivity contribution in [3.8, 4) is 5.75 Å². The predicted molar refractivity (Wildman–Crippen MR) is 136 cm³/mol. The molecule has 0 amide bonds. The van der Waals surface area contributed by atoms with E-state index in [0.29, 0.717) is 18.2 Å². The molecular formula is C29H32N2O3. The van der Waals surface area contributed by atoms with Gasteiger partial charge in [0.05, 0.1) is 5.56 Å². The number of aromatic carboxylic acids is 1. The maximum Gasteiger partial charge on any atom is 0.335 e. The highest BCUT2D eigenvalue weighted by atomic mass is 16.5. The quantitative estimate of drug-likeness (QED) is 0.462. The molecule has 5 rings (SSSR count). The normalized spacial score (nSPS) is 17.7. The topological polar surface area (TPSA) is 61.8 Å². The Labute approximate surface area is 201 Å². The minimum atomic E-state index is -0.908. The van der Waals surface area contributed by atoms with Crippen LogP contribution in [0.2, 0.25) is 0 Å². The van der Waals surface area contributed by atoms with Gasteiger partial charge in [-0.2, -0.15) is 0 Å². The minimum absolute atomic E-state index is 0.297. The molecule has 1 aliphatic carbocycles. The van der Waals surface area contributed by atoms with E-state index in [1.165, 1.54) is 38.8 Å². The number of likely N-dealkylation sites (tertiary alicyclic amines) is 1. The smallest absolute Gasteiger partial charge is 0.335 e. The van der Waals surface area contributed by atoms with E-state index in [2.05, 4.69) is 34.5 Å². The second-order valence-electron chi connectivity index (χ2n) is 9.42. The molecule has 0 aromatic heterocycles. The van der Waals surface area contributed by atoms with Crippen molar-refractivity contribution in [3.63, 3.8) is 0 Å². The van der Waals surface area contributed by atoms with Crippen molar-refractivity contribution < 1.29 is 14.6 Å². The van der Waals surface area contributed by atoms with Crippen LogP contribution in [0.15, 0.2) is 72.3 Å². The van der Waals surface area contributed by atoms with Crippen LogP contribution in [0.3, 0.4) is 0 Å². The van der Waals surface area contributed by atoms with E-state index in [1.54, 1.807) is 12.1 Å². The molecule has 0 radical (unpaired) electrons. The standard InChI is InChI=1S/C29H32N2O3/c32-29(33)24-10-8-21(9-11-24)18-22(19-30-25-14-16-31(17-15-25)26-12-13-26)20-34-28-7-3-5-23-4-1-2-6-27(23)28/h1-11,18,25-26,30H,12-17,19-20H2,(H,32,33). The molecule has 176 valence electrons. The lowest BCUT2D eigenvalue weighted by Gasteiger charge is -2.32. The highest BCUT2D eigenvalue weighted by Crippen LogP contribution is 2.29. The molecule has 2 fully saturated rings. The fourth-order valence-corrected chi connectivity index (χ4v) is 4.78. The van der Waals surface area contributed by atoms with E-state index in [9.17, 15) is 9.90 Å². The SMILES string of the molecule is O=C(O)c1ccc(C=C(CNC2CCN(C3CC3)CC2)COc2cccc3ccccc23)cc1. The van der Waals surface area contributed by atoms with Crippen LogP contribution in [0.5, 0.6) is 5.75 Å². The predicted octanol–water partition coefficient (Wildman–Crippen LogP) is 5.22. The monoisotopic (exact) mass is 456 g/mol. The number of carbonyl (C=O) groups is 1. The van der Waals surface area contributed by atoms with Gasteiger partial charge in [0, 0.05) is 24.0 Å². The summed E-state index contributed by atoms with van der Waals surface area (Å²) in [4.78, 5) is 13.8. The molecule has 2 aliphatic rings. The Kier molecular flexibility index (Phi) is 6.93. The second kappa shape index (κ2) is 10.4. The van der Waals surface area contributed by atoms with Crippen molar-refractivity contribution in [2.24, 2.45) is 0 Å². The summed E-state index contributed by atoms with van der Waals surface area (Å²) < 4.78 is 6.30. The van der Waals surface area contributed by atoms with Crippen LogP contribution in [-0.4, -0.2) is 54.3 Å². The van der Waals surface area contributed by atoms with Gasteiger partial charge in [-0.1, -0.05) is 54.6 Å². The molecule has 1 saturated heterocycles. The average Bonchev–Trinajstić information content (AvgIpc) is 3.72. The van der Waals surface area contributed by atoms with Gasteiger partial charge in [0.25, 0.3) is 0 Å². The van der Waals surface area contributed by atoms with Gasteiger partial charge in [-0.25, -0.2) is 4.79 Å². The Morgan fingerprint density at radius 2 is 1.71 bits per heavy atom. The van der Waals surface area contributed by atoms with Gasteiger partial charge in [0.1, 0.15) is 12.4 Å². The molecule has 1 saturated carbocycles. The first kappa shape index (κ1) is 22.6. The highest BCUT2D eigenvalue weighted by molar-refractivity contribution is 5.88. The first-order valence-corrected chi connectivity index (χ1v) is 12.3. The van der Waals surface area contributed by atoms with E-state index in [4.69, 9.17) is 4.74 Å². The zero-order valence-corrected chi connectivity index (χ0v) is 19.5. The summed E-state index contributed by atoms with van der Waals surface area (Å²) in [5, 5.41) is 15.2. The van der Waals surface area contributed by atoms with Gasteiger partial charge >= 0.3 is 5.97 Å². The van der Waals surface area contributed by atoms with Gasteiger partial charge in [-0.15, -0.1) is 0 Å². The zero-order chi connectivity index (χ0) is 23.3. The minimum Gasteiger partial charge on any atom is -0.489 e.